The van der Waals surface area contributed by atoms with Gasteiger partial charge in [0, 0.05) is 0 Å². The van der Waals surface area contributed by atoms with Gasteiger partial charge in [0.15, 0.2) is 6.04 Å². The first-order valence-electron chi connectivity index (χ1n) is 11.5. The number of carbonyl (C=O) groups is 2. The van der Waals surface area contributed by atoms with Gasteiger partial charge >= 0.3 is 12.1 Å². The minimum atomic E-state index is -2.92. The maximum atomic E-state index is 12.8. The van der Waals surface area contributed by atoms with Crippen LogP contribution in [0, 0.1) is 5.92 Å². The summed E-state index contributed by atoms with van der Waals surface area (Å²) in [6, 6.07) is 15.1. The van der Waals surface area contributed by atoms with Crippen molar-refractivity contribution in [3.63, 3.8) is 0 Å². The lowest BCUT2D eigenvalue weighted by molar-refractivity contribution is -0.226. The highest BCUT2D eigenvalue weighted by Crippen LogP contribution is 2.23. The third kappa shape index (κ3) is 8.63. The van der Waals surface area contributed by atoms with E-state index in [1.54, 1.807) is 51.1 Å². The molecule has 0 fully saturated rings. The zero-order valence-electron chi connectivity index (χ0n) is 20.8. The van der Waals surface area contributed by atoms with Crippen molar-refractivity contribution < 1.29 is 29.3 Å². The number of hydrogen-bond donors (Lipinski definition) is 4. The number of aliphatic hydroxyl groups is 2. The van der Waals surface area contributed by atoms with Crippen LogP contribution in [0.15, 0.2) is 60.7 Å². The van der Waals surface area contributed by atoms with Gasteiger partial charge in [0.05, 0.1) is 6.61 Å². The van der Waals surface area contributed by atoms with Gasteiger partial charge in [0.1, 0.15) is 11.6 Å². The fraction of sp³-hybridized carbons (Fsp3) is 0.462. The lowest BCUT2D eigenvalue weighted by Gasteiger charge is -2.39. The first kappa shape index (κ1) is 28.3. The van der Waals surface area contributed by atoms with Gasteiger partial charge in [-0.25, -0.2) is 15.6 Å². The van der Waals surface area contributed by atoms with Crippen LogP contribution in [0.2, 0.25) is 0 Å². The zero-order valence-corrected chi connectivity index (χ0v) is 20.8. The molecular weight excluding hydrogens is 450 g/mol. The summed E-state index contributed by atoms with van der Waals surface area (Å²) in [6.45, 7) is 6.85. The Morgan fingerprint density at radius 3 is 1.91 bits per heavy atom. The van der Waals surface area contributed by atoms with E-state index < -0.39 is 35.5 Å². The van der Waals surface area contributed by atoms with Crippen molar-refractivity contribution in [2.75, 3.05) is 6.61 Å². The lowest BCUT2D eigenvalue weighted by Crippen LogP contribution is -2.68. The van der Waals surface area contributed by atoms with E-state index in [1.165, 1.54) is 0 Å². The third-order valence-electron chi connectivity index (χ3n) is 5.35. The number of benzene rings is 2. The Balaban J connectivity index is 2.17. The van der Waals surface area contributed by atoms with Gasteiger partial charge < -0.3 is 25.4 Å². The van der Waals surface area contributed by atoms with Crippen LogP contribution < -0.4 is 11.6 Å². The molecule has 0 aliphatic heterocycles. The number of rotatable bonds is 10. The second-order valence-electron chi connectivity index (χ2n) is 9.78. The highest BCUT2D eigenvalue weighted by molar-refractivity contribution is 5.77. The van der Waals surface area contributed by atoms with Crippen LogP contribution in [0.4, 0.5) is 4.79 Å². The molecular formula is C26H37N3O6. The molecule has 3 unspecified atom stereocenters. The van der Waals surface area contributed by atoms with E-state index in [1.807, 2.05) is 37.3 Å². The molecule has 0 radical (unpaired) electrons. The molecule has 1 amide bonds. The molecule has 9 heteroatoms. The van der Waals surface area contributed by atoms with E-state index in [0.29, 0.717) is 17.0 Å². The first-order chi connectivity index (χ1) is 16.3. The number of hydrazine groups is 1. The van der Waals surface area contributed by atoms with Crippen LogP contribution in [-0.2, 0) is 27.1 Å². The fourth-order valence-electron chi connectivity index (χ4n) is 3.53. The largest absolute Gasteiger partial charge is 0.459 e. The standard InChI is InChI=1S/C26H37N3O6/c1-18(15-19-11-7-5-8-12-19)17-34-24(31)29(28)21(16-20-13-9-6-10-14-20)26(32,33)22(27)23(30)35-25(2,3)4/h5-14,18,21-22,32-33H,15-17,27-28H2,1-4H3. The average molecular weight is 488 g/mol. The molecule has 0 spiro atoms. The van der Waals surface area contributed by atoms with Crippen molar-refractivity contribution in [3.05, 3.63) is 71.8 Å². The highest BCUT2D eigenvalue weighted by atomic mass is 16.6. The lowest BCUT2D eigenvalue weighted by atomic mass is 9.92. The van der Waals surface area contributed by atoms with Crippen molar-refractivity contribution in [2.45, 2.75) is 64.0 Å². The molecule has 2 aromatic rings. The fourth-order valence-corrected chi connectivity index (χ4v) is 3.53. The van der Waals surface area contributed by atoms with E-state index in [4.69, 9.17) is 21.1 Å². The first-order valence-corrected chi connectivity index (χ1v) is 11.5. The van der Waals surface area contributed by atoms with Crippen molar-refractivity contribution in [3.8, 4) is 0 Å². The summed E-state index contributed by atoms with van der Waals surface area (Å²) in [5, 5.41) is 22.5. The number of nitrogens with two attached hydrogens (primary N) is 2. The Morgan fingerprint density at radius 1 is 0.943 bits per heavy atom. The monoisotopic (exact) mass is 487 g/mol. The average Bonchev–Trinajstić information content (AvgIpc) is 2.80. The molecule has 192 valence electrons. The topological polar surface area (TPSA) is 148 Å². The quantitative estimate of drug-likeness (QED) is 0.131. The summed E-state index contributed by atoms with van der Waals surface area (Å²) in [6.07, 6.45) is -0.399. The SMILES string of the molecule is CC(COC(=O)N(N)C(Cc1ccccc1)C(O)(O)C(N)C(=O)OC(C)(C)C)Cc1ccccc1. The maximum absolute atomic E-state index is 12.8. The van der Waals surface area contributed by atoms with Gasteiger partial charge in [-0.05, 0) is 50.7 Å². The second-order valence-corrected chi connectivity index (χ2v) is 9.78. The smallest absolute Gasteiger partial charge is 0.424 e. The number of hydrogen-bond acceptors (Lipinski definition) is 8. The molecule has 35 heavy (non-hydrogen) atoms. The molecule has 3 atom stereocenters. The van der Waals surface area contributed by atoms with E-state index >= 15 is 0 Å². The summed E-state index contributed by atoms with van der Waals surface area (Å²) in [7, 11) is 0. The highest BCUT2D eigenvalue weighted by Gasteiger charge is 2.49. The Kier molecular flexibility index (Phi) is 9.79. The van der Waals surface area contributed by atoms with Gasteiger partial charge in [0.25, 0.3) is 0 Å². The minimum absolute atomic E-state index is 0.0145. The molecule has 0 aliphatic carbocycles. The molecule has 0 heterocycles. The molecule has 2 aromatic carbocycles. The summed E-state index contributed by atoms with van der Waals surface area (Å²) in [5.74, 6) is 2.06. The second kappa shape index (κ2) is 12.1. The molecule has 2 rings (SSSR count). The molecule has 6 N–H and O–H groups in total. The molecule has 0 bridgehead atoms. The molecule has 0 saturated carbocycles. The van der Waals surface area contributed by atoms with E-state index in [9.17, 15) is 19.8 Å². The Bertz CT molecular complexity index is 947. The van der Waals surface area contributed by atoms with Crippen molar-refractivity contribution in [1.82, 2.24) is 5.01 Å². The Labute approximate surface area is 206 Å². The van der Waals surface area contributed by atoms with Crippen LogP contribution in [-0.4, -0.2) is 57.4 Å². The van der Waals surface area contributed by atoms with Gasteiger partial charge in [-0.15, -0.1) is 0 Å². The summed E-state index contributed by atoms with van der Waals surface area (Å²) in [5.41, 5.74) is 6.72. The molecule has 0 aliphatic rings. The van der Waals surface area contributed by atoms with Gasteiger partial charge in [-0.3, -0.25) is 4.79 Å². The van der Waals surface area contributed by atoms with Crippen LogP contribution in [0.5, 0.6) is 0 Å². The number of amides is 1. The van der Waals surface area contributed by atoms with E-state index in [-0.39, 0.29) is 18.9 Å². The summed E-state index contributed by atoms with van der Waals surface area (Å²) in [4.78, 5) is 25.3. The maximum Gasteiger partial charge on any atom is 0.424 e. The molecule has 0 saturated heterocycles. The third-order valence-corrected chi connectivity index (χ3v) is 5.35. The van der Waals surface area contributed by atoms with Crippen LogP contribution in [0.1, 0.15) is 38.8 Å². The zero-order chi connectivity index (χ0) is 26.2. The Hall–Kier alpha value is -2.98. The van der Waals surface area contributed by atoms with E-state index in [2.05, 4.69) is 0 Å². The predicted molar refractivity (Wildman–Crippen MR) is 132 cm³/mol. The van der Waals surface area contributed by atoms with Gasteiger partial charge in [0.2, 0.25) is 5.79 Å². The predicted octanol–water partition coefficient (Wildman–Crippen LogP) is 2.14. The molecule has 9 nitrogen and oxygen atoms in total. The van der Waals surface area contributed by atoms with Crippen molar-refractivity contribution in [2.24, 2.45) is 17.5 Å². The molecule has 0 aromatic heterocycles. The minimum Gasteiger partial charge on any atom is -0.459 e. The number of esters is 1. The summed E-state index contributed by atoms with van der Waals surface area (Å²) >= 11 is 0. The Morgan fingerprint density at radius 2 is 1.43 bits per heavy atom. The number of carbonyl (C=O) groups excluding carboxylic acids is 2. The van der Waals surface area contributed by atoms with Crippen molar-refractivity contribution in [1.29, 1.82) is 0 Å². The number of nitrogens with zero attached hydrogens (tertiary/aromatic N) is 1. The van der Waals surface area contributed by atoms with Crippen molar-refractivity contribution >= 4 is 12.1 Å². The van der Waals surface area contributed by atoms with Crippen LogP contribution in [0.3, 0.4) is 0 Å². The van der Waals surface area contributed by atoms with Crippen LogP contribution in [0.25, 0.3) is 0 Å². The van der Waals surface area contributed by atoms with Gasteiger partial charge in [-0.1, -0.05) is 67.6 Å². The summed E-state index contributed by atoms with van der Waals surface area (Å²) < 4.78 is 10.6. The van der Waals surface area contributed by atoms with E-state index in [0.717, 1.165) is 5.56 Å². The number of ether oxygens (including phenoxy) is 2. The van der Waals surface area contributed by atoms with Gasteiger partial charge in [-0.2, -0.15) is 0 Å². The van der Waals surface area contributed by atoms with Crippen LogP contribution >= 0.6 is 0 Å². The normalized spacial score (nSPS) is 14.5.